The normalized spacial score (nSPS) is 15.7. The number of carbonyl (C=O) groups is 1. The quantitative estimate of drug-likeness (QED) is 0.518. The number of nitrogens with two attached hydrogens (primary N) is 1. The number of likely N-dealkylation sites (tertiary alicyclic amines) is 1. The van der Waals surface area contributed by atoms with Crippen LogP contribution in [0.4, 0.5) is 0 Å². The molecule has 1 aliphatic heterocycles. The van der Waals surface area contributed by atoms with Crippen LogP contribution in [0, 0.1) is 12.8 Å². The van der Waals surface area contributed by atoms with Gasteiger partial charge in [0.25, 0.3) is 0 Å². The number of methoxy groups -OCH3 is 2. The fraction of sp³-hybridized carbons (Fsp3) is 0.440. The minimum absolute atomic E-state index is 0.0732. The minimum atomic E-state index is -0.216. The molecule has 2 aromatic carbocycles. The van der Waals surface area contributed by atoms with Gasteiger partial charge in [-0.1, -0.05) is 35.9 Å². The molecule has 2 N–H and O–H groups in total. The molecular formula is C25H32N6O3. The van der Waals surface area contributed by atoms with Crippen molar-refractivity contribution in [2.24, 2.45) is 11.7 Å². The van der Waals surface area contributed by atoms with E-state index < -0.39 is 0 Å². The molecule has 1 unspecified atom stereocenters. The largest absolute Gasteiger partial charge is 0.493 e. The van der Waals surface area contributed by atoms with Crippen molar-refractivity contribution in [3.05, 3.63) is 65.0 Å². The summed E-state index contributed by atoms with van der Waals surface area (Å²) in [5.41, 5.74) is 8.99. The zero-order chi connectivity index (χ0) is 24.1. The van der Waals surface area contributed by atoms with E-state index >= 15 is 0 Å². The summed E-state index contributed by atoms with van der Waals surface area (Å²) in [5, 5.41) is 12.8. The molecule has 1 atom stereocenters. The van der Waals surface area contributed by atoms with Crippen LogP contribution in [-0.2, 0) is 17.8 Å². The van der Waals surface area contributed by atoms with Gasteiger partial charge >= 0.3 is 0 Å². The van der Waals surface area contributed by atoms with Crippen molar-refractivity contribution in [3.8, 4) is 11.5 Å². The Balaban J connectivity index is 1.58. The molecule has 180 valence electrons. The number of hydrogen-bond acceptors (Lipinski definition) is 7. The number of tetrazole rings is 1. The van der Waals surface area contributed by atoms with Crippen LogP contribution in [0.15, 0.2) is 42.5 Å². The van der Waals surface area contributed by atoms with Crippen molar-refractivity contribution in [1.29, 1.82) is 0 Å². The molecule has 4 rings (SSSR count). The van der Waals surface area contributed by atoms with E-state index in [-0.39, 0.29) is 17.9 Å². The van der Waals surface area contributed by atoms with Gasteiger partial charge in [0.2, 0.25) is 5.91 Å². The number of aromatic nitrogens is 4. The van der Waals surface area contributed by atoms with Gasteiger partial charge in [-0.05, 0) is 73.0 Å². The highest BCUT2D eigenvalue weighted by atomic mass is 16.5. The molecule has 0 radical (unpaired) electrons. The molecule has 34 heavy (non-hydrogen) atoms. The molecule has 0 spiro atoms. The number of carbonyl (C=O) groups excluding carboxylic acids is 1. The van der Waals surface area contributed by atoms with Crippen molar-refractivity contribution in [2.75, 3.05) is 27.3 Å². The zero-order valence-electron chi connectivity index (χ0n) is 20.0. The number of primary amides is 1. The number of piperidine rings is 1. The molecule has 0 saturated carbocycles. The molecule has 1 fully saturated rings. The molecular weight excluding hydrogens is 432 g/mol. The maximum absolute atomic E-state index is 11.7. The van der Waals surface area contributed by atoms with Crippen LogP contribution < -0.4 is 15.2 Å². The van der Waals surface area contributed by atoms with Crippen molar-refractivity contribution in [3.63, 3.8) is 0 Å². The fourth-order valence-corrected chi connectivity index (χ4v) is 4.55. The Bertz CT molecular complexity index is 1110. The van der Waals surface area contributed by atoms with Crippen molar-refractivity contribution >= 4 is 5.91 Å². The van der Waals surface area contributed by atoms with Gasteiger partial charge in [0.1, 0.15) is 0 Å². The molecule has 1 saturated heterocycles. The lowest BCUT2D eigenvalue weighted by Crippen LogP contribution is -2.41. The highest BCUT2D eigenvalue weighted by molar-refractivity contribution is 5.76. The fourth-order valence-electron chi connectivity index (χ4n) is 4.55. The summed E-state index contributed by atoms with van der Waals surface area (Å²) < 4.78 is 12.7. The van der Waals surface area contributed by atoms with Crippen LogP contribution in [0.1, 0.15) is 41.4 Å². The lowest BCUT2D eigenvalue weighted by molar-refractivity contribution is -0.123. The Kier molecular flexibility index (Phi) is 7.42. The lowest BCUT2D eigenvalue weighted by atomic mass is 9.93. The van der Waals surface area contributed by atoms with E-state index in [9.17, 15) is 4.79 Å². The second kappa shape index (κ2) is 10.6. The number of aryl methyl sites for hydroxylation is 3. The SMILES string of the molecule is COc1ccc(CCn2nnnc2C(c2ccc(C)cc2)N2CCC(C(N)=O)CC2)cc1OC. The first-order valence-corrected chi connectivity index (χ1v) is 11.6. The van der Waals surface area contributed by atoms with Crippen LogP contribution in [-0.4, -0.2) is 58.3 Å². The van der Waals surface area contributed by atoms with Crippen LogP contribution >= 0.6 is 0 Å². The molecule has 9 heteroatoms. The maximum atomic E-state index is 11.7. The maximum Gasteiger partial charge on any atom is 0.220 e. The van der Waals surface area contributed by atoms with Crippen molar-refractivity contribution in [2.45, 2.75) is 38.8 Å². The van der Waals surface area contributed by atoms with E-state index in [1.807, 2.05) is 22.9 Å². The van der Waals surface area contributed by atoms with Crippen LogP contribution in [0.5, 0.6) is 11.5 Å². The third-order valence-corrected chi connectivity index (χ3v) is 6.55. The minimum Gasteiger partial charge on any atom is -0.493 e. The molecule has 0 aliphatic carbocycles. The van der Waals surface area contributed by atoms with E-state index in [4.69, 9.17) is 15.2 Å². The van der Waals surface area contributed by atoms with Gasteiger partial charge in [0, 0.05) is 12.5 Å². The number of amides is 1. The van der Waals surface area contributed by atoms with Crippen LogP contribution in [0.2, 0.25) is 0 Å². The monoisotopic (exact) mass is 464 g/mol. The number of rotatable bonds is 9. The predicted molar refractivity (Wildman–Crippen MR) is 128 cm³/mol. The third-order valence-electron chi connectivity index (χ3n) is 6.55. The third kappa shape index (κ3) is 5.20. The van der Waals surface area contributed by atoms with Gasteiger partial charge in [-0.25, -0.2) is 4.68 Å². The van der Waals surface area contributed by atoms with E-state index in [1.54, 1.807) is 14.2 Å². The van der Waals surface area contributed by atoms with Gasteiger partial charge in [-0.2, -0.15) is 0 Å². The van der Waals surface area contributed by atoms with E-state index in [1.165, 1.54) is 5.56 Å². The summed E-state index contributed by atoms with van der Waals surface area (Å²) in [7, 11) is 3.26. The number of hydrogen-bond donors (Lipinski definition) is 1. The van der Waals surface area contributed by atoms with Gasteiger partial charge < -0.3 is 15.2 Å². The summed E-state index contributed by atoms with van der Waals surface area (Å²) in [6, 6.07) is 14.3. The second-order valence-electron chi connectivity index (χ2n) is 8.73. The van der Waals surface area contributed by atoms with Crippen LogP contribution in [0.25, 0.3) is 0 Å². The van der Waals surface area contributed by atoms with E-state index in [0.29, 0.717) is 18.0 Å². The molecule has 0 bridgehead atoms. The highest BCUT2D eigenvalue weighted by Gasteiger charge is 2.32. The Hall–Kier alpha value is -3.46. The van der Waals surface area contributed by atoms with Crippen molar-refractivity contribution in [1.82, 2.24) is 25.1 Å². The molecule has 1 amide bonds. The summed E-state index contributed by atoms with van der Waals surface area (Å²) in [6.45, 7) is 4.21. The van der Waals surface area contributed by atoms with Crippen molar-refractivity contribution < 1.29 is 14.3 Å². The molecule has 2 heterocycles. The highest BCUT2D eigenvalue weighted by Crippen LogP contribution is 2.32. The smallest absolute Gasteiger partial charge is 0.220 e. The number of ether oxygens (including phenoxy) is 2. The Morgan fingerprint density at radius 3 is 2.44 bits per heavy atom. The topological polar surface area (TPSA) is 108 Å². The van der Waals surface area contributed by atoms with E-state index in [0.717, 1.165) is 49.3 Å². The summed E-state index contributed by atoms with van der Waals surface area (Å²) in [4.78, 5) is 14.0. The van der Waals surface area contributed by atoms with E-state index in [2.05, 4.69) is 51.6 Å². The lowest BCUT2D eigenvalue weighted by Gasteiger charge is -2.36. The van der Waals surface area contributed by atoms with Crippen LogP contribution in [0.3, 0.4) is 0 Å². The number of benzene rings is 2. The second-order valence-corrected chi connectivity index (χ2v) is 8.73. The Morgan fingerprint density at radius 1 is 1.09 bits per heavy atom. The zero-order valence-corrected chi connectivity index (χ0v) is 20.0. The molecule has 3 aromatic rings. The summed E-state index contributed by atoms with van der Waals surface area (Å²) >= 11 is 0. The van der Waals surface area contributed by atoms with Gasteiger partial charge in [0.05, 0.1) is 20.3 Å². The summed E-state index contributed by atoms with van der Waals surface area (Å²) in [5.74, 6) is 1.91. The average molecular weight is 465 g/mol. The summed E-state index contributed by atoms with van der Waals surface area (Å²) in [6.07, 6.45) is 2.22. The Morgan fingerprint density at radius 2 is 1.79 bits per heavy atom. The molecule has 1 aromatic heterocycles. The average Bonchev–Trinajstić information content (AvgIpc) is 3.32. The van der Waals surface area contributed by atoms with Gasteiger partial charge in [-0.3, -0.25) is 9.69 Å². The number of nitrogens with zero attached hydrogens (tertiary/aromatic N) is 5. The first-order valence-electron chi connectivity index (χ1n) is 11.6. The molecule has 1 aliphatic rings. The van der Waals surface area contributed by atoms with Gasteiger partial charge in [0.15, 0.2) is 17.3 Å². The first-order chi connectivity index (χ1) is 16.5. The molecule has 9 nitrogen and oxygen atoms in total. The first kappa shape index (κ1) is 23.7. The Labute approximate surface area is 199 Å². The standard InChI is InChI=1S/C25H32N6O3/c1-17-4-7-19(8-5-17)23(30-13-11-20(12-14-30)24(26)32)25-27-28-29-31(25)15-10-18-6-9-21(33-2)22(16-18)34-3/h4-9,16,20,23H,10-15H2,1-3H3,(H2,26,32). The van der Waals surface area contributed by atoms with Gasteiger partial charge in [-0.15, -0.1) is 5.10 Å². The predicted octanol–water partition coefficient (Wildman–Crippen LogP) is 2.53.